The Labute approximate surface area is 239 Å². The number of nitrogens with two attached hydrogens (primary N) is 1. The quantitative estimate of drug-likeness (QED) is 0.192. The summed E-state index contributed by atoms with van der Waals surface area (Å²) in [5, 5.41) is 30.1. The average molecular weight is 611 g/mol. The highest BCUT2D eigenvalue weighted by Gasteiger charge is 2.38. The second-order valence-electron chi connectivity index (χ2n) is 7.77. The molecule has 214 valence electrons. The van der Waals surface area contributed by atoms with Crippen molar-refractivity contribution in [1.29, 1.82) is 5.26 Å². The molecule has 0 radical (unpaired) electrons. The van der Waals surface area contributed by atoms with Crippen LogP contribution in [-0.2, 0) is 4.79 Å². The summed E-state index contributed by atoms with van der Waals surface area (Å²) in [6.45, 7) is 0.862. The van der Waals surface area contributed by atoms with Gasteiger partial charge in [0.1, 0.15) is 17.7 Å². The number of pyridine rings is 1. The van der Waals surface area contributed by atoms with Crippen molar-refractivity contribution in [2.45, 2.75) is 6.18 Å². The Hall–Kier alpha value is -4.88. The molecule has 18 heteroatoms. The first-order chi connectivity index (χ1) is 19.3. The fraction of sp³-hybridized carbons (Fsp3) is 0.174. The molecule has 3 heterocycles. The predicted octanol–water partition coefficient (Wildman–Crippen LogP) is 3.46. The van der Waals surface area contributed by atoms with Crippen LogP contribution < -0.4 is 21.7 Å². The van der Waals surface area contributed by atoms with Crippen molar-refractivity contribution in [1.82, 2.24) is 29.9 Å². The summed E-state index contributed by atoms with van der Waals surface area (Å²) in [4.78, 5) is 34.0. The third kappa shape index (κ3) is 7.84. The van der Waals surface area contributed by atoms with E-state index in [1.807, 2.05) is 6.07 Å². The molecular formula is C23H19Cl2F3N10O3. The van der Waals surface area contributed by atoms with Gasteiger partial charge in [-0.05, 0) is 30.3 Å². The standard InChI is InChI=1S/C21H18Cl2N10O.C2HF3O2/c1-26-20(34)19-31-17-9-15(13-4-3-12(22)8-14(13)23)29-21(33(17)32-19)28-7-6-27-16-5-2-11(10-24)18(25)30-16;3-2(4,5)1(6)7/h2-5,8-9H,6-7H2,1H3,(H,26,34)(H,28,29)(H3,25,27,30);(H,6,7). The fourth-order valence-electron chi connectivity index (χ4n) is 3.08. The number of aromatic nitrogens is 5. The molecule has 0 atom stereocenters. The fourth-order valence-corrected chi connectivity index (χ4v) is 3.59. The normalized spacial score (nSPS) is 10.8. The summed E-state index contributed by atoms with van der Waals surface area (Å²) in [5.41, 5.74) is 7.65. The van der Waals surface area contributed by atoms with Crippen molar-refractivity contribution >= 4 is 58.3 Å². The summed E-state index contributed by atoms with van der Waals surface area (Å²) < 4.78 is 33.2. The van der Waals surface area contributed by atoms with Crippen LogP contribution in [0.2, 0.25) is 10.0 Å². The zero-order valence-corrected chi connectivity index (χ0v) is 22.3. The van der Waals surface area contributed by atoms with Crippen molar-refractivity contribution in [3.8, 4) is 17.3 Å². The molecule has 0 saturated heterocycles. The molecule has 4 rings (SSSR count). The number of carboxylic acid groups (broad SMARTS) is 1. The topological polar surface area (TPSA) is 196 Å². The van der Waals surface area contributed by atoms with Crippen molar-refractivity contribution in [3.05, 3.63) is 57.8 Å². The van der Waals surface area contributed by atoms with Gasteiger partial charge >= 0.3 is 12.1 Å². The lowest BCUT2D eigenvalue weighted by molar-refractivity contribution is -0.192. The number of nitrogens with zero attached hydrogens (tertiary/aromatic N) is 6. The maximum atomic E-state index is 12.1. The molecule has 41 heavy (non-hydrogen) atoms. The molecule has 0 spiro atoms. The molecule has 0 bridgehead atoms. The van der Waals surface area contributed by atoms with Crippen LogP contribution in [0.25, 0.3) is 16.9 Å². The van der Waals surface area contributed by atoms with Gasteiger partial charge in [-0.2, -0.15) is 22.9 Å². The molecule has 1 aromatic carbocycles. The molecule has 13 nitrogen and oxygen atoms in total. The van der Waals surface area contributed by atoms with Crippen LogP contribution in [0.1, 0.15) is 16.2 Å². The first-order valence-corrected chi connectivity index (χ1v) is 12.0. The Morgan fingerprint density at radius 2 is 1.78 bits per heavy atom. The number of aliphatic carboxylic acids is 1. The number of benzene rings is 1. The van der Waals surface area contributed by atoms with Gasteiger partial charge in [0.15, 0.2) is 5.65 Å². The van der Waals surface area contributed by atoms with Gasteiger partial charge in [-0.3, -0.25) is 4.79 Å². The summed E-state index contributed by atoms with van der Waals surface area (Å²) in [7, 11) is 1.50. The molecule has 6 N–H and O–H groups in total. The number of carbonyl (C=O) groups excluding carboxylic acids is 1. The largest absolute Gasteiger partial charge is 0.490 e. The molecule has 0 aliphatic heterocycles. The SMILES string of the molecule is CNC(=O)c1nc2cc(-c3ccc(Cl)cc3Cl)nc(NCCNc3ccc(C#N)c(N)n3)n2n1.O=C(O)C(F)(F)F. The van der Waals surface area contributed by atoms with Gasteiger partial charge in [-0.25, -0.2) is 19.7 Å². The van der Waals surface area contributed by atoms with Gasteiger partial charge in [-0.15, -0.1) is 5.10 Å². The molecule has 1 amide bonds. The number of hydrogen-bond acceptors (Lipinski definition) is 10. The average Bonchev–Trinajstić information content (AvgIpc) is 3.35. The molecule has 0 aliphatic rings. The van der Waals surface area contributed by atoms with E-state index in [0.29, 0.717) is 57.4 Å². The van der Waals surface area contributed by atoms with Gasteiger partial charge in [0.05, 0.1) is 16.3 Å². The number of fused-ring (bicyclic) bond motifs is 1. The van der Waals surface area contributed by atoms with Gasteiger partial charge < -0.3 is 26.8 Å². The molecule has 0 fully saturated rings. The monoisotopic (exact) mass is 610 g/mol. The summed E-state index contributed by atoms with van der Waals surface area (Å²) in [6, 6.07) is 12.0. The number of anilines is 3. The molecule has 0 aliphatic carbocycles. The maximum absolute atomic E-state index is 12.1. The van der Waals surface area contributed by atoms with E-state index in [0.717, 1.165) is 0 Å². The highest BCUT2D eigenvalue weighted by molar-refractivity contribution is 6.36. The van der Waals surface area contributed by atoms with Crippen LogP contribution in [-0.4, -0.2) is 67.9 Å². The lowest BCUT2D eigenvalue weighted by atomic mass is 10.1. The highest BCUT2D eigenvalue weighted by Crippen LogP contribution is 2.30. The molecule has 3 aromatic heterocycles. The first kappa shape index (κ1) is 30.7. The minimum Gasteiger partial charge on any atom is -0.475 e. The van der Waals surface area contributed by atoms with Crippen LogP contribution in [0.5, 0.6) is 0 Å². The Morgan fingerprint density at radius 3 is 2.37 bits per heavy atom. The van der Waals surface area contributed by atoms with Crippen LogP contribution in [0.3, 0.4) is 0 Å². The van der Waals surface area contributed by atoms with E-state index in [9.17, 15) is 18.0 Å². The second kappa shape index (κ2) is 13.0. The van der Waals surface area contributed by atoms with Crippen molar-refractivity contribution < 1.29 is 27.9 Å². The smallest absolute Gasteiger partial charge is 0.475 e. The van der Waals surface area contributed by atoms with E-state index in [1.165, 1.54) is 11.6 Å². The van der Waals surface area contributed by atoms with E-state index >= 15 is 0 Å². The number of rotatable bonds is 7. The van der Waals surface area contributed by atoms with Gasteiger partial charge in [0.25, 0.3) is 5.91 Å². The zero-order valence-electron chi connectivity index (χ0n) is 20.8. The predicted molar refractivity (Wildman–Crippen MR) is 144 cm³/mol. The van der Waals surface area contributed by atoms with E-state index in [-0.39, 0.29) is 11.6 Å². The number of nitrogens with one attached hydrogen (secondary N) is 3. The Balaban J connectivity index is 0.000000587. The molecule has 4 aromatic rings. The number of carboxylic acids is 1. The van der Waals surface area contributed by atoms with Crippen LogP contribution in [0.15, 0.2) is 36.4 Å². The number of hydrogen-bond donors (Lipinski definition) is 5. The van der Waals surface area contributed by atoms with E-state index in [4.69, 9.17) is 44.1 Å². The van der Waals surface area contributed by atoms with Crippen LogP contribution in [0.4, 0.5) is 30.8 Å². The number of amides is 1. The number of alkyl halides is 3. The maximum Gasteiger partial charge on any atom is 0.490 e. The number of halogens is 5. The number of nitrogen functional groups attached to an aromatic ring is 1. The van der Waals surface area contributed by atoms with Crippen LogP contribution in [0, 0.1) is 11.3 Å². The summed E-state index contributed by atoms with van der Waals surface area (Å²) in [6.07, 6.45) is -5.08. The lowest BCUT2D eigenvalue weighted by Crippen LogP contribution is -2.21. The van der Waals surface area contributed by atoms with E-state index < -0.39 is 18.1 Å². The van der Waals surface area contributed by atoms with Crippen molar-refractivity contribution in [2.75, 3.05) is 36.5 Å². The minimum atomic E-state index is -5.08. The Morgan fingerprint density at radius 1 is 1.10 bits per heavy atom. The third-order valence-electron chi connectivity index (χ3n) is 4.96. The highest BCUT2D eigenvalue weighted by atomic mass is 35.5. The van der Waals surface area contributed by atoms with Gasteiger partial charge in [0, 0.05) is 36.8 Å². The lowest BCUT2D eigenvalue weighted by Gasteiger charge is -2.11. The van der Waals surface area contributed by atoms with Gasteiger partial charge in [0.2, 0.25) is 11.8 Å². The van der Waals surface area contributed by atoms with E-state index in [1.54, 1.807) is 36.4 Å². The third-order valence-corrected chi connectivity index (χ3v) is 5.51. The van der Waals surface area contributed by atoms with E-state index in [2.05, 4.69) is 36.0 Å². The first-order valence-electron chi connectivity index (χ1n) is 11.2. The molecule has 0 unspecified atom stereocenters. The Bertz CT molecular complexity index is 1640. The van der Waals surface area contributed by atoms with Crippen molar-refractivity contribution in [2.24, 2.45) is 0 Å². The second-order valence-corrected chi connectivity index (χ2v) is 8.61. The van der Waals surface area contributed by atoms with Crippen molar-refractivity contribution in [3.63, 3.8) is 0 Å². The number of carbonyl (C=O) groups is 2. The molecular weight excluding hydrogens is 592 g/mol. The van der Waals surface area contributed by atoms with Crippen LogP contribution >= 0.6 is 23.2 Å². The minimum absolute atomic E-state index is 0.00193. The number of nitriles is 1. The summed E-state index contributed by atoms with van der Waals surface area (Å²) in [5.74, 6) is -2.14. The van der Waals surface area contributed by atoms with Gasteiger partial charge in [-0.1, -0.05) is 23.2 Å². The zero-order chi connectivity index (χ0) is 30.3. The summed E-state index contributed by atoms with van der Waals surface area (Å²) >= 11 is 12.4. The Kier molecular flexibility index (Phi) is 9.71. The molecule has 0 saturated carbocycles.